The lowest BCUT2D eigenvalue weighted by Gasteiger charge is -2.36. The van der Waals surface area contributed by atoms with Crippen LogP contribution in [0.5, 0.6) is 11.8 Å². The van der Waals surface area contributed by atoms with E-state index in [1.165, 1.54) is 5.56 Å². The predicted octanol–water partition coefficient (Wildman–Crippen LogP) is 2.17. The molecule has 2 aromatic rings. The molecule has 0 N–H and O–H groups in total. The number of ether oxygens (including phenoxy) is 3. The highest BCUT2D eigenvalue weighted by atomic mass is 16.5. The third kappa shape index (κ3) is 3.88. The van der Waals surface area contributed by atoms with Crippen molar-refractivity contribution in [3.05, 3.63) is 47.5 Å². The first kappa shape index (κ1) is 17.7. The molecule has 1 fully saturated rings. The van der Waals surface area contributed by atoms with Gasteiger partial charge < -0.3 is 19.1 Å². The van der Waals surface area contributed by atoms with E-state index in [2.05, 4.69) is 16.3 Å². The van der Waals surface area contributed by atoms with Crippen molar-refractivity contribution in [2.45, 2.75) is 31.5 Å². The number of carbonyl (C=O) groups excluding carboxylic acids is 1. The van der Waals surface area contributed by atoms with Crippen LogP contribution in [0.25, 0.3) is 0 Å². The number of benzene rings is 1. The molecule has 1 saturated heterocycles. The number of amides is 1. The van der Waals surface area contributed by atoms with Crippen LogP contribution in [0, 0.1) is 0 Å². The Morgan fingerprint density at radius 2 is 2.00 bits per heavy atom. The predicted molar refractivity (Wildman–Crippen MR) is 97.7 cm³/mol. The van der Waals surface area contributed by atoms with E-state index in [1.54, 1.807) is 19.2 Å². The molecule has 0 bridgehead atoms. The van der Waals surface area contributed by atoms with Crippen LogP contribution in [-0.2, 0) is 16.0 Å². The summed E-state index contributed by atoms with van der Waals surface area (Å²) in [5.41, 5.74) is 2.18. The average Bonchev–Trinajstić information content (AvgIpc) is 2.73. The maximum absolute atomic E-state index is 13.1. The Kier molecular flexibility index (Phi) is 5.20. The number of piperidine rings is 1. The summed E-state index contributed by atoms with van der Waals surface area (Å²) in [6.45, 7) is 1.81. The lowest BCUT2D eigenvalue weighted by Crippen LogP contribution is -2.47. The van der Waals surface area contributed by atoms with Crippen molar-refractivity contribution >= 4 is 5.91 Å². The standard InChI is InChI=1S/C20H23N3O4/c1-25-17-8-9-18(22-21-17)27-15-6-4-11-23(13-15)20(24)19-16-7-3-2-5-14(16)10-12-26-19/h2-3,5,7-9,15,19H,4,6,10-13H2,1H3. The van der Waals surface area contributed by atoms with Crippen LogP contribution < -0.4 is 9.47 Å². The van der Waals surface area contributed by atoms with Crippen molar-refractivity contribution in [1.29, 1.82) is 0 Å². The number of hydrogen-bond donors (Lipinski definition) is 0. The molecule has 0 radical (unpaired) electrons. The van der Waals surface area contributed by atoms with E-state index in [4.69, 9.17) is 14.2 Å². The lowest BCUT2D eigenvalue weighted by molar-refractivity contribution is -0.147. The van der Waals surface area contributed by atoms with Crippen LogP contribution in [-0.4, -0.2) is 53.9 Å². The van der Waals surface area contributed by atoms with Gasteiger partial charge in [-0.1, -0.05) is 24.3 Å². The molecular weight excluding hydrogens is 346 g/mol. The third-order valence-electron chi connectivity index (χ3n) is 5.02. The van der Waals surface area contributed by atoms with Gasteiger partial charge >= 0.3 is 0 Å². The molecule has 0 aliphatic carbocycles. The Hall–Kier alpha value is -2.67. The molecule has 1 aromatic heterocycles. The molecule has 7 heteroatoms. The molecule has 7 nitrogen and oxygen atoms in total. The Morgan fingerprint density at radius 3 is 2.81 bits per heavy atom. The van der Waals surface area contributed by atoms with Gasteiger partial charge in [-0.15, -0.1) is 10.2 Å². The second kappa shape index (κ2) is 7.92. The lowest BCUT2D eigenvalue weighted by atomic mass is 9.96. The smallest absolute Gasteiger partial charge is 0.256 e. The molecular formula is C20H23N3O4. The topological polar surface area (TPSA) is 73.8 Å². The summed E-state index contributed by atoms with van der Waals surface area (Å²) in [4.78, 5) is 14.9. The van der Waals surface area contributed by atoms with Crippen molar-refractivity contribution < 1.29 is 19.0 Å². The van der Waals surface area contributed by atoms with Crippen molar-refractivity contribution in [2.24, 2.45) is 0 Å². The first-order valence-corrected chi connectivity index (χ1v) is 9.27. The molecule has 1 aromatic carbocycles. The van der Waals surface area contributed by atoms with Gasteiger partial charge in [-0.05, 0) is 30.4 Å². The van der Waals surface area contributed by atoms with Crippen LogP contribution in [0.4, 0.5) is 0 Å². The number of methoxy groups -OCH3 is 1. The quantitative estimate of drug-likeness (QED) is 0.822. The minimum Gasteiger partial charge on any atom is -0.480 e. The third-order valence-corrected chi connectivity index (χ3v) is 5.02. The fourth-order valence-electron chi connectivity index (χ4n) is 3.65. The summed E-state index contributed by atoms with van der Waals surface area (Å²) in [5, 5.41) is 7.93. The second-order valence-electron chi connectivity index (χ2n) is 6.78. The van der Waals surface area contributed by atoms with Crippen LogP contribution in [0.15, 0.2) is 36.4 Å². The fraction of sp³-hybridized carbons (Fsp3) is 0.450. The maximum atomic E-state index is 13.1. The number of likely N-dealkylation sites (tertiary alicyclic amines) is 1. The van der Waals surface area contributed by atoms with E-state index in [0.29, 0.717) is 24.9 Å². The number of nitrogens with zero attached hydrogens (tertiary/aromatic N) is 3. The van der Waals surface area contributed by atoms with E-state index < -0.39 is 6.10 Å². The number of hydrogen-bond acceptors (Lipinski definition) is 6. The molecule has 3 heterocycles. The molecule has 0 saturated carbocycles. The molecule has 1 amide bonds. The van der Waals surface area contributed by atoms with Crippen LogP contribution in [0.2, 0.25) is 0 Å². The SMILES string of the molecule is COc1ccc(OC2CCCN(C(=O)C3OCCc4ccccc43)C2)nn1. The van der Waals surface area contributed by atoms with Gasteiger partial charge in [0.05, 0.1) is 20.3 Å². The van der Waals surface area contributed by atoms with Gasteiger partial charge in [-0.2, -0.15) is 0 Å². The van der Waals surface area contributed by atoms with Gasteiger partial charge in [0.1, 0.15) is 6.10 Å². The van der Waals surface area contributed by atoms with Gasteiger partial charge in [0.25, 0.3) is 5.91 Å². The molecule has 2 aliphatic rings. The average molecular weight is 369 g/mol. The summed E-state index contributed by atoms with van der Waals surface area (Å²) in [6, 6.07) is 11.5. The Balaban J connectivity index is 1.43. The summed E-state index contributed by atoms with van der Waals surface area (Å²) < 4.78 is 16.8. The highest BCUT2D eigenvalue weighted by molar-refractivity contribution is 5.83. The Bertz CT molecular complexity index is 796. The van der Waals surface area contributed by atoms with E-state index in [1.807, 2.05) is 23.1 Å². The number of rotatable bonds is 4. The van der Waals surface area contributed by atoms with Gasteiger partial charge in [0.15, 0.2) is 6.10 Å². The van der Waals surface area contributed by atoms with Crippen molar-refractivity contribution in [1.82, 2.24) is 15.1 Å². The fourth-order valence-corrected chi connectivity index (χ4v) is 3.65. The van der Waals surface area contributed by atoms with E-state index in [9.17, 15) is 4.79 Å². The highest BCUT2D eigenvalue weighted by Gasteiger charge is 2.34. The molecule has 2 unspecified atom stereocenters. The first-order valence-electron chi connectivity index (χ1n) is 9.27. The summed E-state index contributed by atoms with van der Waals surface area (Å²) in [5.74, 6) is 0.890. The monoisotopic (exact) mass is 369 g/mol. The van der Waals surface area contributed by atoms with E-state index >= 15 is 0 Å². The van der Waals surface area contributed by atoms with Crippen molar-refractivity contribution in [3.8, 4) is 11.8 Å². The number of fused-ring (bicyclic) bond motifs is 1. The molecule has 0 spiro atoms. The van der Waals surface area contributed by atoms with Gasteiger partial charge in [0.2, 0.25) is 11.8 Å². The normalized spacial score (nSPS) is 22.0. The van der Waals surface area contributed by atoms with Crippen LogP contribution >= 0.6 is 0 Å². The zero-order valence-corrected chi connectivity index (χ0v) is 15.3. The zero-order valence-electron chi connectivity index (χ0n) is 15.3. The molecule has 142 valence electrons. The maximum Gasteiger partial charge on any atom is 0.256 e. The summed E-state index contributed by atoms with van der Waals surface area (Å²) in [6.07, 6.45) is 1.98. The van der Waals surface area contributed by atoms with E-state index in [-0.39, 0.29) is 12.0 Å². The second-order valence-corrected chi connectivity index (χ2v) is 6.78. The number of aromatic nitrogens is 2. The van der Waals surface area contributed by atoms with Crippen molar-refractivity contribution in [3.63, 3.8) is 0 Å². The van der Waals surface area contributed by atoms with Gasteiger partial charge in [-0.25, -0.2) is 0 Å². The largest absolute Gasteiger partial charge is 0.480 e. The number of carbonyl (C=O) groups is 1. The highest BCUT2D eigenvalue weighted by Crippen LogP contribution is 2.30. The summed E-state index contributed by atoms with van der Waals surface area (Å²) >= 11 is 0. The van der Waals surface area contributed by atoms with Crippen LogP contribution in [0.3, 0.4) is 0 Å². The molecule has 2 aliphatic heterocycles. The Labute approximate surface area is 158 Å². The summed E-state index contributed by atoms with van der Waals surface area (Å²) in [7, 11) is 1.54. The minimum atomic E-state index is -0.519. The van der Waals surface area contributed by atoms with Gasteiger partial charge in [0, 0.05) is 18.7 Å². The van der Waals surface area contributed by atoms with Crippen molar-refractivity contribution in [2.75, 3.05) is 26.8 Å². The van der Waals surface area contributed by atoms with Crippen LogP contribution in [0.1, 0.15) is 30.1 Å². The Morgan fingerprint density at radius 1 is 1.19 bits per heavy atom. The zero-order chi connectivity index (χ0) is 18.6. The van der Waals surface area contributed by atoms with E-state index in [0.717, 1.165) is 31.4 Å². The molecule has 27 heavy (non-hydrogen) atoms. The van der Waals surface area contributed by atoms with Gasteiger partial charge in [-0.3, -0.25) is 4.79 Å². The molecule has 4 rings (SSSR count). The molecule has 2 atom stereocenters. The first-order chi connectivity index (χ1) is 13.2. The minimum absolute atomic E-state index is 0.0104.